The van der Waals surface area contributed by atoms with Gasteiger partial charge in [-0.1, -0.05) is 13.8 Å². The van der Waals surface area contributed by atoms with Crippen LogP contribution >= 0.6 is 0 Å². The molecule has 0 unspecified atom stereocenters. The zero-order valence-electron chi connectivity index (χ0n) is 11.9. The van der Waals surface area contributed by atoms with E-state index in [1.807, 2.05) is 4.68 Å². The van der Waals surface area contributed by atoms with E-state index in [0.717, 1.165) is 24.1 Å². The highest BCUT2D eigenvalue weighted by molar-refractivity contribution is 5.95. The van der Waals surface area contributed by atoms with Crippen molar-refractivity contribution in [2.24, 2.45) is 0 Å². The van der Waals surface area contributed by atoms with Gasteiger partial charge in [0.05, 0.1) is 23.0 Å². The summed E-state index contributed by atoms with van der Waals surface area (Å²) >= 11 is 0. The molecule has 1 N–H and O–H groups in total. The van der Waals surface area contributed by atoms with Crippen LogP contribution in [-0.2, 0) is 5.54 Å². The minimum Gasteiger partial charge on any atom is -0.349 e. The van der Waals surface area contributed by atoms with E-state index in [2.05, 4.69) is 45.0 Å². The average molecular weight is 249 g/mol. The highest BCUT2D eigenvalue weighted by Crippen LogP contribution is 2.26. The summed E-state index contributed by atoms with van der Waals surface area (Å²) in [6, 6.07) is 0.385. The highest BCUT2D eigenvalue weighted by atomic mass is 16.1. The maximum absolute atomic E-state index is 12.2. The van der Waals surface area contributed by atoms with Crippen molar-refractivity contribution in [2.75, 3.05) is 0 Å². The minimum atomic E-state index is -0.0995. The quantitative estimate of drug-likeness (QED) is 0.895. The molecule has 0 aromatic carbocycles. The molecule has 0 aliphatic heterocycles. The second kappa shape index (κ2) is 4.41. The van der Waals surface area contributed by atoms with E-state index in [1.165, 1.54) is 0 Å². The SMILES string of the molecule is CC(C)c1c(C(=O)NC2CC2)cnn1C(C)(C)C. The van der Waals surface area contributed by atoms with E-state index >= 15 is 0 Å². The second-order valence-corrected chi connectivity index (χ2v) is 6.43. The van der Waals surface area contributed by atoms with Gasteiger partial charge in [0.1, 0.15) is 0 Å². The number of carbonyl (C=O) groups is 1. The van der Waals surface area contributed by atoms with Gasteiger partial charge in [-0.05, 0) is 39.5 Å². The first-order valence-corrected chi connectivity index (χ1v) is 6.70. The van der Waals surface area contributed by atoms with E-state index in [9.17, 15) is 4.79 Å². The van der Waals surface area contributed by atoms with Crippen LogP contribution in [-0.4, -0.2) is 21.7 Å². The predicted molar refractivity (Wildman–Crippen MR) is 71.8 cm³/mol. The summed E-state index contributed by atoms with van der Waals surface area (Å²) < 4.78 is 1.97. The standard InChI is InChI=1S/C14H23N3O/c1-9(2)12-11(13(18)16-10-6-7-10)8-15-17(12)14(3,4)5/h8-10H,6-7H2,1-5H3,(H,16,18). The van der Waals surface area contributed by atoms with Gasteiger partial charge in [0.15, 0.2) is 0 Å². The Morgan fingerprint density at radius 3 is 2.50 bits per heavy atom. The van der Waals surface area contributed by atoms with Crippen LogP contribution in [0.2, 0.25) is 0 Å². The molecule has 0 radical (unpaired) electrons. The maximum atomic E-state index is 12.2. The largest absolute Gasteiger partial charge is 0.349 e. The number of carbonyl (C=O) groups excluding carboxylic acids is 1. The van der Waals surface area contributed by atoms with Gasteiger partial charge in [0.2, 0.25) is 0 Å². The molecule has 4 heteroatoms. The topological polar surface area (TPSA) is 46.9 Å². The number of aromatic nitrogens is 2. The predicted octanol–water partition coefficient (Wildman–Crippen LogP) is 2.65. The molecule has 1 amide bonds. The van der Waals surface area contributed by atoms with E-state index in [4.69, 9.17) is 0 Å². The van der Waals surface area contributed by atoms with Crippen LogP contribution in [0.4, 0.5) is 0 Å². The third kappa shape index (κ3) is 2.57. The molecule has 1 aromatic heterocycles. The van der Waals surface area contributed by atoms with Crippen LogP contribution in [0.5, 0.6) is 0 Å². The zero-order valence-corrected chi connectivity index (χ0v) is 11.9. The monoisotopic (exact) mass is 249 g/mol. The van der Waals surface area contributed by atoms with Crippen molar-refractivity contribution in [3.63, 3.8) is 0 Å². The Kier molecular flexibility index (Phi) is 3.21. The van der Waals surface area contributed by atoms with Gasteiger partial charge < -0.3 is 5.32 Å². The van der Waals surface area contributed by atoms with Crippen molar-refractivity contribution in [3.8, 4) is 0 Å². The average Bonchev–Trinajstić information content (AvgIpc) is 2.92. The van der Waals surface area contributed by atoms with Crippen LogP contribution in [0.3, 0.4) is 0 Å². The lowest BCUT2D eigenvalue weighted by atomic mass is 10.0. The molecule has 2 rings (SSSR count). The first-order valence-electron chi connectivity index (χ1n) is 6.70. The van der Waals surface area contributed by atoms with E-state index in [-0.39, 0.29) is 17.4 Å². The van der Waals surface area contributed by atoms with Gasteiger partial charge in [0, 0.05) is 6.04 Å². The molecule has 0 saturated heterocycles. The summed E-state index contributed by atoms with van der Waals surface area (Å²) in [5.74, 6) is 0.309. The lowest BCUT2D eigenvalue weighted by Gasteiger charge is -2.24. The molecule has 0 spiro atoms. The Labute approximate surface area is 109 Å². The molecule has 0 atom stereocenters. The lowest BCUT2D eigenvalue weighted by Crippen LogP contribution is -2.29. The van der Waals surface area contributed by atoms with Crippen molar-refractivity contribution in [1.82, 2.24) is 15.1 Å². The summed E-state index contributed by atoms with van der Waals surface area (Å²) in [5.41, 5.74) is 1.66. The second-order valence-electron chi connectivity index (χ2n) is 6.43. The van der Waals surface area contributed by atoms with E-state index < -0.39 is 0 Å². The first-order chi connectivity index (χ1) is 8.30. The van der Waals surface area contributed by atoms with Crippen molar-refractivity contribution in [1.29, 1.82) is 0 Å². The summed E-state index contributed by atoms with van der Waals surface area (Å²) in [5, 5.41) is 7.45. The van der Waals surface area contributed by atoms with Crippen molar-refractivity contribution < 1.29 is 4.79 Å². The van der Waals surface area contributed by atoms with Crippen LogP contribution in [0.15, 0.2) is 6.20 Å². The number of nitrogens with zero attached hydrogens (tertiary/aromatic N) is 2. The van der Waals surface area contributed by atoms with Gasteiger partial charge in [-0.15, -0.1) is 0 Å². The number of amides is 1. The smallest absolute Gasteiger partial charge is 0.254 e. The molecule has 1 heterocycles. The van der Waals surface area contributed by atoms with Gasteiger partial charge in [0.25, 0.3) is 5.91 Å². The zero-order chi connectivity index (χ0) is 13.5. The highest BCUT2D eigenvalue weighted by Gasteiger charge is 2.29. The van der Waals surface area contributed by atoms with Gasteiger partial charge in [-0.3, -0.25) is 9.48 Å². The molecule has 100 valence electrons. The Bertz CT molecular complexity index is 450. The maximum Gasteiger partial charge on any atom is 0.254 e. The lowest BCUT2D eigenvalue weighted by molar-refractivity contribution is 0.0949. The fourth-order valence-electron chi connectivity index (χ4n) is 2.11. The molecule has 1 fully saturated rings. The van der Waals surface area contributed by atoms with Crippen LogP contribution in [0.25, 0.3) is 0 Å². The van der Waals surface area contributed by atoms with Gasteiger partial charge >= 0.3 is 0 Å². The molecular formula is C14H23N3O. The summed E-state index contributed by atoms with van der Waals surface area (Å²) in [6.07, 6.45) is 3.92. The molecule has 0 bridgehead atoms. The molecule has 1 aliphatic rings. The molecule has 18 heavy (non-hydrogen) atoms. The molecule has 1 aromatic rings. The molecule has 1 aliphatic carbocycles. The third-order valence-corrected chi connectivity index (χ3v) is 3.15. The van der Waals surface area contributed by atoms with Crippen molar-refractivity contribution in [2.45, 2.75) is 65.0 Å². The Morgan fingerprint density at radius 2 is 2.06 bits per heavy atom. The normalized spacial score (nSPS) is 16.1. The minimum absolute atomic E-state index is 0.0247. The first kappa shape index (κ1) is 13.1. The van der Waals surface area contributed by atoms with Crippen molar-refractivity contribution in [3.05, 3.63) is 17.5 Å². The van der Waals surface area contributed by atoms with Crippen molar-refractivity contribution >= 4 is 5.91 Å². The molecule has 1 saturated carbocycles. The van der Waals surface area contributed by atoms with Gasteiger partial charge in [-0.2, -0.15) is 5.10 Å². The van der Waals surface area contributed by atoms with E-state index in [0.29, 0.717) is 6.04 Å². The number of nitrogens with one attached hydrogen (secondary N) is 1. The number of hydrogen-bond acceptors (Lipinski definition) is 2. The molecule has 4 nitrogen and oxygen atoms in total. The summed E-state index contributed by atoms with van der Waals surface area (Å²) in [6.45, 7) is 10.5. The number of rotatable bonds is 3. The number of hydrogen-bond donors (Lipinski definition) is 1. The fraction of sp³-hybridized carbons (Fsp3) is 0.714. The summed E-state index contributed by atoms with van der Waals surface area (Å²) in [4.78, 5) is 12.2. The van der Waals surface area contributed by atoms with Crippen LogP contribution in [0.1, 0.15) is 69.4 Å². The Morgan fingerprint density at radius 1 is 1.44 bits per heavy atom. The van der Waals surface area contributed by atoms with E-state index in [1.54, 1.807) is 6.20 Å². The van der Waals surface area contributed by atoms with Crippen LogP contribution < -0.4 is 5.32 Å². The Balaban J connectivity index is 2.35. The third-order valence-electron chi connectivity index (χ3n) is 3.15. The summed E-state index contributed by atoms with van der Waals surface area (Å²) in [7, 11) is 0. The molecular weight excluding hydrogens is 226 g/mol. The Hall–Kier alpha value is -1.32. The fourth-order valence-corrected chi connectivity index (χ4v) is 2.11. The van der Waals surface area contributed by atoms with Gasteiger partial charge in [-0.25, -0.2) is 0 Å². The van der Waals surface area contributed by atoms with Crippen LogP contribution in [0, 0.1) is 0 Å².